The van der Waals surface area contributed by atoms with E-state index in [2.05, 4.69) is 20.7 Å². The van der Waals surface area contributed by atoms with E-state index in [0.29, 0.717) is 6.61 Å². The summed E-state index contributed by atoms with van der Waals surface area (Å²) in [7, 11) is -3.29. The van der Waals surface area contributed by atoms with Crippen molar-refractivity contribution < 1.29 is 13.2 Å². The molecule has 20 heavy (non-hydrogen) atoms. The van der Waals surface area contributed by atoms with Crippen molar-refractivity contribution in [3.05, 3.63) is 27.7 Å². The zero-order valence-electron chi connectivity index (χ0n) is 12.0. The molecular formula is C14H20BrNO3S. The van der Waals surface area contributed by atoms with Crippen molar-refractivity contribution in [2.24, 2.45) is 5.41 Å². The largest absolute Gasteiger partial charge is 0.493 e. The van der Waals surface area contributed by atoms with E-state index in [9.17, 15) is 8.42 Å². The highest BCUT2D eigenvalue weighted by molar-refractivity contribution is 9.10. The smallest absolute Gasteiger partial charge is 0.212 e. The van der Waals surface area contributed by atoms with Gasteiger partial charge in [0.1, 0.15) is 5.75 Å². The van der Waals surface area contributed by atoms with Crippen molar-refractivity contribution in [3.63, 3.8) is 0 Å². The molecule has 0 amide bonds. The molecule has 0 spiro atoms. The molecule has 2 rings (SSSR count). The first kappa shape index (κ1) is 15.8. The minimum atomic E-state index is -3.29. The molecule has 1 aromatic carbocycles. The molecule has 1 N–H and O–H groups in total. The molecule has 0 radical (unpaired) electrons. The van der Waals surface area contributed by atoms with Crippen molar-refractivity contribution in [3.8, 4) is 5.75 Å². The van der Waals surface area contributed by atoms with Crippen LogP contribution >= 0.6 is 15.9 Å². The van der Waals surface area contributed by atoms with E-state index in [4.69, 9.17) is 4.74 Å². The van der Waals surface area contributed by atoms with Crippen LogP contribution in [0.1, 0.15) is 31.9 Å². The van der Waals surface area contributed by atoms with Crippen LogP contribution in [-0.4, -0.2) is 20.8 Å². The van der Waals surface area contributed by atoms with Crippen LogP contribution < -0.4 is 9.46 Å². The number of sulfonamides is 1. The van der Waals surface area contributed by atoms with Crippen LogP contribution in [0.5, 0.6) is 5.75 Å². The number of benzene rings is 1. The van der Waals surface area contributed by atoms with Gasteiger partial charge in [0.05, 0.1) is 12.4 Å². The lowest BCUT2D eigenvalue weighted by Crippen LogP contribution is -2.32. The lowest BCUT2D eigenvalue weighted by molar-refractivity contribution is 0.353. The van der Waals surface area contributed by atoms with E-state index in [1.54, 1.807) is 0 Å². The molecule has 4 nitrogen and oxygen atoms in total. The fourth-order valence-electron chi connectivity index (χ4n) is 2.29. The first-order chi connectivity index (χ1) is 9.16. The lowest BCUT2D eigenvalue weighted by atomic mass is 10.0. The fourth-order valence-corrected chi connectivity index (χ4v) is 4.46. The quantitative estimate of drug-likeness (QED) is 0.896. The van der Waals surface area contributed by atoms with Gasteiger partial charge in [-0.3, -0.25) is 0 Å². The van der Waals surface area contributed by atoms with Gasteiger partial charge in [-0.2, -0.15) is 0 Å². The van der Waals surface area contributed by atoms with Crippen molar-refractivity contribution in [1.82, 2.24) is 4.72 Å². The number of ether oxygens (including phenoxy) is 1. The van der Waals surface area contributed by atoms with Gasteiger partial charge in [0.25, 0.3) is 0 Å². The third-order valence-corrected chi connectivity index (χ3v) is 5.22. The maximum atomic E-state index is 12.0. The second-order valence-electron chi connectivity index (χ2n) is 6.29. The molecule has 0 aromatic heterocycles. The Balaban J connectivity index is 2.12. The Morgan fingerprint density at radius 3 is 2.70 bits per heavy atom. The van der Waals surface area contributed by atoms with E-state index in [-0.39, 0.29) is 17.7 Å². The first-order valence-corrected chi connectivity index (χ1v) is 9.02. The third kappa shape index (κ3) is 4.20. The maximum absolute atomic E-state index is 12.0. The van der Waals surface area contributed by atoms with Crippen LogP contribution in [-0.2, 0) is 23.0 Å². The Morgan fingerprint density at radius 1 is 1.35 bits per heavy atom. The Hall–Kier alpha value is -0.590. The summed E-state index contributed by atoms with van der Waals surface area (Å²) in [4.78, 5) is 0. The molecular weight excluding hydrogens is 342 g/mol. The van der Waals surface area contributed by atoms with Gasteiger partial charge in [-0.25, -0.2) is 13.1 Å². The summed E-state index contributed by atoms with van der Waals surface area (Å²) in [5.74, 6) is 0.934. The normalized spacial score (nSPS) is 15.0. The molecule has 1 aliphatic heterocycles. The SMILES string of the molecule is CC(C)(C)CS(=O)(=O)NCc1cc(Br)cc2c1OCC2. The van der Waals surface area contributed by atoms with Crippen molar-refractivity contribution in [1.29, 1.82) is 0 Å². The standard InChI is InChI=1S/C14H20BrNO3S/c1-14(2,3)9-20(17,18)16-8-11-7-12(15)6-10-4-5-19-13(10)11/h6-7,16H,4-5,8-9H2,1-3H3. The number of rotatable bonds is 4. The second-order valence-corrected chi connectivity index (χ2v) is 9.02. The molecule has 0 aliphatic carbocycles. The molecule has 0 unspecified atom stereocenters. The van der Waals surface area contributed by atoms with Gasteiger partial charge in [-0.1, -0.05) is 36.7 Å². The molecule has 1 heterocycles. The van der Waals surface area contributed by atoms with E-state index >= 15 is 0 Å². The van der Waals surface area contributed by atoms with Crippen LogP contribution in [0.25, 0.3) is 0 Å². The molecule has 1 aliphatic rings. The number of hydrogen-bond acceptors (Lipinski definition) is 3. The van der Waals surface area contributed by atoms with E-state index in [1.807, 2.05) is 32.9 Å². The Labute approximate surface area is 129 Å². The second kappa shape index (κ2) is 5.66. The molecule has 112 valence electrons. The summed E-state index contributed by atoms with van der Waals surface area (Å²) in [5.41, 5.74) is 1.75. The van der Waals surface area contributed by atoms with Crippen LogP contribution in [0.2, 0.25) is 0 Å². The topological polar surface area (TPSA) is 55.4 Å². The highest BCUT2D eigenvalue weighted by atomic mass is 79.9. The number of fused-ring (bicyclic) bond motifs is 1. The average molecular weight is 362 g/mol. The summed E-state index contributed by atoms with van der Waals surface area (Å²) in [6.45, 7) is 6.65. The molecule has 0 bridgehead atoms. The summed E-state index contributed by atoms with van der Waals surface area (Å²) in [6.07, 6.45) is 0.872. The molecule has 0 atom stereocenters. The Bertz CT molecular complexity index is 606. The maximum Gasteiger partial charge on any atom is 0.212 e. The van der Waals surface area contributed by atoms with Crippen LogP contribution in [0.15, 0.2) is 16.6 Å². The Morgan fingerprint density at radius 2 is 2.05 bits per heavy atom. The predicted molar refractivity (Wildman–Crippen MR) is 83.4 cm³/mol. The summed E-state index contributed by atoms with van der Waals surface area (Å²) >= 11 is 3.45. The molecule has 1 aromatic rings. The number of nitrogens with one attached hydrogen (secondary N) is 1. The van der Waals surface area contributed by atoms with Crippen molar-refractivity contribution >= 4 is 26.0 Å². The first-order valence-electron chi connectivity index (χ1n) is 6.58. The minimum absolute atomic E-state index is 0.108. The van der Waals surface area contributed by atoms with Crippen molar-refractivity contribution in [2.45, 2.75) is 33.7 Å². The summed E-state index contributed by atoms with van der Waals surface area (Å²) in [5, 5.41) is 0. The zero-order valence-corrected chi connectivity index (χ0v) is 14.4. The number of halogens is 1. The average Bonchev–Trinajstić information content (AvgIpc) is 2.70. The molecule has 0 fully saturated rings. The zero-order chi connectivity index (χ0) is 15.0. The Kier molecular flexibility index (Phi) is 4.47. The molecule has 0 saturated heterocycles. The molecule has 0 saturated carbocycles. The van der Waals surface area contributed by atoms with Gasteiger partial charge in [0, 0.05) is 23.0 Å². The predicted octanol–water partition coefficient (Wildman–Crippen LogP) is 2.85. The van der Waals surface area contributed by atoms with Gasteiger partial charge in [-0.15, -0.1) is 0 Å². The monoisotopic (exact) mass is 361 g/mol. The number of hydrogen-bond donors (Lipinski definition) is 1. The van der Waals surface area contributed by atoms with Crippen LogP contribution in [0.3, 0.4) is 0 Å². The lowest BCUT2D eigenvalue weighted by Gasteiger charge is -2.18. The van der Waals surface area contributed by atoms with E-state index < -0.39 is 10.0 Å². The van der Waals surface area contributed by atoms with Gasteiger partial charge in [-0.05, 0) is 23.1 Å². The minimum Gasteiger partial charge on any atom is -0.493 e. The third-order valence-electron chi connectivity index (χ3n) is 2.93. The van der Waals surface area contributed by atoms with Gasteiger partial charge in [0.2, 0.25) is 10.0 Å². The highest BCUT2D eigenvalue weighted by Gasteiger charge is 2.23. The van der Waals surface area contributed by atoms with Crippen molar-refractivity contribution in [2.75, 3.05) is 12.4 Å². The van der Waals surface area contributed by atoms with Gasteiger partial charge < -0.3 is 4.74 Å². The summed E-state index contributed by atoms with van der Waals surface area (Å²) < 4.78 is 33.3. The van der Waals surface area contributed by atoms with E-state index in [1.165, 1.54) is 0 Å². The summed E-state index contributed by atoms with van der Waals surface area (Å²) in [6, 6.07) is 3.93. The fraction of sp³-hybridized carbons (Fsp3) is 0.571. The van der Waals surface area contributed by atoms with Gasteiger partial charge >= 0.3 is 0 Å². The van der Waals surface area contributed by atoms with Gasteiger partial charge in [0.15, 0.2) is 0 Å². The molecule has 6 heteroatoms. The highest BCUT2D eigenvalue weighted by Crippen LogP contribution is 2.33. The van der Waals surface area contributed by atoms with Crippen LogP contribution in [0.4, 0.5) is 0 Å². The van der Waals surface area contributed by atoms with E-state index in [0.717, 1.165) is 27.8 Å². The van der Waals surface area contributed by atoms with Crippen LogP contribution in [0, 0.1) is 5.41 Å².